The van der Waals surface area contributed by atoms with Crippen molar-refractivity contribution in [1.29, 1.82) is 0 Å². The van der Waals surface area contributed by atoms with E-state index in [-0.39, 0.29) is 0 Å². The summed E-state index contributed by atoms with van der Waals surface area (Å²) in [6.45, 7) is 4.45. The number of hydrogen-bond donors (Lipinski definition) is 1. The fraction of sp³-hybridized carbons (Fsp3) is 1.00. The average Bonchev–Trinajstić information content (AvgIpc) is 2.67. The van der Waals surface area contributed by atoms with Crippen LogP contribution in [0.3, 0.4) is 0 Å². The van der Waals surface area contributed by atoms with E-state index in [0.717, 1.165) is 18.5 Å². The first-order valence-corrected chi connectivity index (χ1v) is 6.14. The molecule has 2 nitrogen and oxygen atoms in total. The first-order valence-electron chi connectivity index (χ1n) is 6.14. The lowest BCUT2D eigenvalue weighted by Crippen LogP contribution is -2.33. The minimum Gasteiger partial charge on any atom is -0.330 e. The fourth-order valence-corrected chi connectivity index (χ4v) is 2.54. The van der Waals surface area contributed by atoms with Crippen molar-refractivity contribution >= 4 is 0 Å². The Hall–Kier alpha value is -0.0800. The van der Waals surface area contributed by atoms with Gasteiger partial charge in [0.1, 0.15) is 0 Å². The molecular weight excluding hydrogens is 172 g/mol. The molecular formula is C12H26N2. The van der Waals surface area contributed by atoms with Gasteiger partial charge in [-0.15, -0.1) is 0 Å². The van der Waals surface area contributed by atoms with Crippen molar-refractivity contribution in [2.24, 2.45) is 11.7 Å². The molecule has 1 aliphatic rings. The SMILES string of the molecule is CC(CCCN)CN(C)C1CCCC1. The highest BCUT2D eigenvalue weighted by Gasteiger charge is 2.20. The van der Waals surface area contributed by atoms with E-state index in [4.69, 9.17) is 5.73 Å². The first kappa shape index (κ1) is 12.0. The third-order valence-electron chi connectivity index (χ3n) is 3.45. The molecule has 2 N–H and O–H groups in total. The Morgan fingerprint density at radius 2 is 2.00 bits per heavy atom. The highest BCUT2D eigenvalue weighted by Crippen LogP contribution is 2.23. The lowest BCUT2D eigenvalue weighted by atomic mass is 10.0. The maximum absolute atomic E-state index is 5.52. The van der Waals surface area contributed by atoms with Crippen molar-refractivity contribution < 1.29 is 0 Å². The lowest BCUT2D eigenvalue weighted by molar-refractivity contribution is 0.209. The second-order valence-electron chi connectivity index (χ2n) is 4.91. The topological polar surface area (TPSA) is 29.3 Å². The summed E-state index contributed by atoms with van der Waals surface area (Å²) in [5, 5.41) is 0. The van der Waals surface area contributed by atoms with E-state index in [1.165, 1.54) is 45.1 Å². The van der Waals surface area contributed by atoms with Crippen LogP contribution in [0.25, 0.3) is 0 Å². The molecule has 0 saturated heterocycles. The normalized spacial score (nSPS) is 20.6. The van der Waals surface area contributed by atoms with Crippen LogP contribution in [0.5, 0.6) is 0 Å². The second-order valence-corrected chi connectivity index (χ2v) is 4.91. The van der Waals surface area contributed by atoms with Crippen LogP contribution >= 0.6 is 0 Å². The predicted octanol–water partition coefficient (Wildman–Crippen LogP) is 2.24. The molecule has 1 unspecified atom stereocenters. The smallest absolute Gasteiger partial charge is 0.00923 e. The van der Waals surface area contributed by atoms with Crippen molar-refractivity contribution in [3.05, 3.63) is 0 Å². The third kappa shape index (κ3) is 3.97. The van der Waals surface area contributed by atoms with Gasteiger partial charge in [-0.05, 0) is 45.2 Å². The molecule has 0 bridgehead atoms. The maximum atomic E-state index is 5.52. The quantitative estimate of drug-likeness (QED) is 0.709. The molecule has 1 aliphatic carbocycles. The zero-order valence-electron chi connectivity index (χ0n) is 9.84. The monoisotopic (exact) mass is 198 g/mol. The first-order chi connectivity index (χ1) is 6.74. The summed E-state index contributed by atoms with van der Waals surface area (Å²) in [7, 11) is 2.29. The number of hydrogen-bond acceptors (Lipinski definition) is 2. The Morgan fingerprint density at radius 1 is 1.36 bits per heavy atom. The summed E-state index contributed by atoms with van der Waals surface area (Å²) < 4.78 is 0. The molecule has 0 aromatic carbocycles. The molecule has 2 heteroatoms. The molecule has 84 valence electrons. The molecule has 0 aromatic heterocycles. The lowest BCUT2D eigenvalue weighted by Gasteiger charge is -2.27. The van der Waals surface area contributed by atoms with Crippen molar-refractivity contribution in [2.75, 3.05) is 20.1 Å². The summed E-state index contributed by atoms with van der Waals surface area (Å²) in [5.41, 5.74) is 5.52. The molecule has 0 spiro atoms. The van der Waals surface area contributed by atoms with Gasteiger partial charge in [-0.3, -0.25) is 0 Å². The van der Waals surface area contributed by atoms with Crippen LogP contribution in [-0.2, 0) is 0 Å². The van der Waals surface area contributed by atoms with Crippen molar-refractivity contribution in [2.45, 2.75) is 51.5 Å². The highest BCUT2D eigenvalue weighted by atomic mass is 15.1. The van der Waals surface area contributed by atoms with Crippen molar-refractivity contribution in [3.8, 4) is 0 Å². The van der Waals surface area contributed by atoms with Crippen LogP contribution in [0, 0.1) is 5.92 Å². The summed E-state index contributed by atoms with van der Waals surface area (Å²) in [6.07, 6.45) is 8.17. The second kappa shape index (κ2) is 6.41. The van der Waals surface area contributed by atoms with Crippen LogP contribution < -0.4 is 5.73 Å². The van der Waals surface area contributed by atoms with Crippen molar-refractivity contribution in [1.82, 2.24) is 4.90 Å². The minimum absolute atomic E-state index is 0.809. The Morgan fingerprint density at radius 3 is 2.57 bits per heavy atom. The third-order valence-corrected chi connectivity index (χ3v) is 3.45. The van der Waals surface area contributed by atoms with E-state index < -0.39 is 0 Å². The van der Waals surface area contributed by atoms with E-state index in [9.17, 15) is 0 Å². The van der Waals surface area contributed by atoms with Crippen LogP contribution in [-0.4, -0.2) is 31.1 Å². The zero-order valence-corrected chi connectivity index (χ0v) is 9.84. The fourth-order valence-electron chi connectivity index (χ4n) is 2.54. The maximum Gasteiger partial charge on any atom is 0.00923 e. The largest absolute Gasteiger partial charge is 0.330 e. The molecule has 1 saturated carbocycles. The van der Waals surface area contributed by atoms with Gasteiger partial charge in [0.05, 0.1) is 0 Å². The van der Waals surface area contributed by atoms with E-state index in [1.807, 2.05) is 0 Å². The van der Waals surface area contributed by atoms with Crippen LogP contribution in [0.4, 0.5) is 0 Å². The molecule has 14 heavy (non-hydrogen) atoms. The van der Waals surface area contributed by atoms with Crippen LogP contribution in [0.1, 0.15) is 45.4 Å². The van der Waals surface area contributed by atoms with Gasteiger partial charge in [0.25, 0.3) is 0 Å². The Bertz CT molecular complexity index is 141. The number of nitrogens with two attached hydrogens (primary N) is 1. The summed E-state index contributed by atoms with van der Waals surface area (Å²) in [5.74, 6) is 0.809. The van der Waals surface area contributed by atoms with Gasteiger partial charge >= 0.3 is 0 Å². The van der Waals surface area contributed by atoms with Gasteiger partial charge in [0, 0.05) is 12.6 Å². The summed E-state index contributed by atoms with van der Waals surface area (Å²) in [6, 6.07) is 0.871. The van der Waals surface area contributed by atoms with Gasteiger partial charge in [-0.1, -0.05) is 19.8 Å². The average molecular weight is 198 g/mol. The van der Waals surface area contributed by atoms with E-state index in [1.54, 1.807) is 0 Å². The Labute approximate surface area is 88.8 Å². The molecule has 1 atom stereocenters. The predicted molar refractivity (Wildman–Crippen MR) is 62.3 cm³/mol. The zero-order chi connectivity index (χ0) is 10.4. The Kier molecular flexibility index (Phi) is 5.49. The van der Waals surface area contributed by atoms with Gasteiger partial charge in [-0.25, -0.2) is 0 Å². The molecule has 0 aliphatic heterocycles. The molecule has 1 fully saturated rings. The van der Waals surface area contributed by atoms with E-state index in [2.05, 4.69) is 18.9 Å². The number of nitrogens with zero attached hydrogens (tertiary/aromatic N) is 1. The van der Waals surface area contributed by atoms with Crippen LogP contribution in [0.15, 0.2) is 0 Å². The molecule has 0 radical (unpaired) electrons. The summed E-state index contributed by atoms with van der Waals surface area (Å²) >= 11 is 0. The van der Waals surface area contributed by atoms with Crippen molar-refractivity contribution in [3.63, 3.8) is 0 Å². The van der Waals surface area contributed by atoms with Crippen LogP contribution in [0.2, 0.25) is 0 Å². The van der Waals surface area contributed by atoms with Gasteiger partial charge in [0.2, 0.25) is 0 Å². The van der Waals surface area contributed by atoms with Gasteiger partial charge in [-0.2, -0.15) is 0 Å². The number of rotatable bonds is 6. The molecule has 0 aromatic rings. The van der Waals surface area contributed by atoms with Gasteiger partial charge in [0.15, 0.2) is 0 Å². The molecule has 0 heterocycles. The van der Waals surface area contributed by atoms with E-state index >= 15 is 0 Å². The van der Waals surface area contributed by atoms with Gasteiger partial charge < -0.3 is 10.6 Å². The highest BCUT2D eigenvalue weighted by molar-refractivity contribution is 4.76. The molecule has 1 rings (SSSR count). The Balaban J connectivity index is 2.14. The summed E-state index contributed by atoms with van der Waals surface area (Å²) in [4.78, 5) is 2.56. The van der Waals surface area contributed by atoms with E-state index in [0.29, 0.717) is 0 Å². The standard InChI is InChI=1S/C12H26N2/c1-11(6-5-9-13)10-14(2)12-7-3-4-8-12/h11-12H,3-10,13H2,1-2H3. The molecule has 0 amide bonds. The minimum atomic E-state index is 0.809.